The van der Waals surface area contributed by atoms with Gasteiger partial charge in [-0.15, -0.1) is 0 Å². The highest BCUT2D eigenvalue weighted by Gasteiger charge is 2.07. The lowest BCUT2D eigenvalue weighted by Crippen LogP contribution is -2.28. The molecule has 1 aromatic carbocycles. The van der Waals surface area contributed by atoms with Gasteiger partial charge in [-0.3, -0.25) is 5.32 Å². The maximum atomic E-state index is 11.4. The van der Waals surface area contributed by atoms with Crippen molar-refractivity contribution in [2.75, 3.05) is 11.9 Å². The molecule has 2 amide bonds. The Morgan fingerprint density at radius 3 is 3.17 bits per heavy atom. The molecular formula is C11H10N4OS2. The molecule has 0 aliphatic carbocycles. The van der Waals surface area contributed by atoms with Gasteiger partial charge in [-0.2, -0.15) is 5.26 Å². The van der Waals surface area contributed by atoms with Gasteiger partial charge in [-0.25, -0.2) is 9.78 Å². The van der Waals surface area contributed by atoms with Crippen molar-refractivity contribution in [1.82, 2.24) is 10.3 Å². The van der Waals surface area contributed by atoms with Crippen LogP contribution < -0.4 is 10.6 Å². The third-order valence-corrected chi connectivity index (χ3v) is 3.60. The van der Waals surface area contributed by atoms with E-state index in [1.807, 2.05) is 30.5 Å². The van der Waals surface area contributed by atoms with E-state index >= 15 is 0 Å². The van der Waals surface area contributed by atoms with E-state index in [-0.39, 0.29) is 6.03 Å². The fourth-order valence-electron chi connectivity index (χ4n) is 1.38. The monoisotopic (exact) mass is 278 g/mol. The molecule has 92 valence electrons. The van der Waals surface area contributed by atoms with Crippen LogP contribution >= 0.6 is 23.1 Å². The molecule has 0 unspecified atom stereocenters. The number of nitriles is 1. The molecule has 0 spiro atoms. The molecule has 5 nitrogen and oxygen atoms in total. The molecule has 0 saturated heterocycles. The molecule has 0 atom stereocenters. The number of fused-ring (bicyclic) bond motifs is 1. The Morgan fingerprint density at radius 1 is 1.61 bits per heavy atom. The maximum Gasteiger partial charge on any atom is 0.321 e. The Bertz CT molecular complexity index is 617. The topological polar surface area (TPSA) is 77.8 Å². The summed E-state index contributed by atoms with van der Waals surface area (Å²) < 4.78 is 0.946. The van der Waals surface area contributed by atoms with Crippen LogP contribution in [0.5, 0.6) is 0 Å². The number of urea groups is 1. The van der Waals surface area contributed by atoms with Crippen LogP contribution in [0.15, 0.2) is 23.1 Å². The lowest BCUT2D eigenvalue weighted by Gasteiger charge is -2.00. The third kappa shape index (κ3) is 2.91. The van der Waals surface area contributed by atoms with E-state index in [1.165, 1.54) is 11.3 Å². The third-order valence-electron chi connectivity index (χ3n) is 2.08. The van der Waals surface area contributed by atoms with Gasteiger partial charge in [0.15, 0.2) is 5.13 Å². The number of rotatable bonds is 3. The highest BCUT2D eigenvalue weighted by atomic mass is 32.2. The van der Waals surface area contributed by atoms with Gasteiger partial charge < -0.3 is 5.32 Å². The molecule has 0 radical (unpaired) electrons. The van der Waals surface area contributed by atoms with Crippen LogP contribution in [0.25, 0.3) is 10.2 Å². The number of anilines is 1. The first kappa shape index (κ1) is 12.7. The predicted molar refractivity (Wildman–Crippen MR) is 73.8 cm³/mol. The number of amides is 2. The van der Waals surface area contributed by atoms with Gasteiger partial charge in [0.25, 0.3) is 0 Å². The summed E-state index contributed by atoms with van der Waals surface area (Å²) in [5, 5.41) is 16.5. The Morgan fingerprint density at radius 2 is 2.44 bits per heavy atom. The van der Waals surface area contributed by atoms with Crippen LogP contribution in [0.1, 0.15) is 6.92 Å². The molecule has 7 heteroatoms. The van der Waals surface area contributed by atoms with Crippen LogP contribution in [-0.4, -0.2) is 17.6 Å². The van der Waals surface area contributed by atoms with Crippen molar-refractivity contribution >= 4 is 44.5 Å². The van der Waals surface area contributed by atoms with E-state index in [0.29, 0.717) is 11.7 Å². The van der Waals surface area contributed by atoms with Crippen molar-refractivity contribution in [2.45, 2.75) is 11.8 Å². The first-order chi connectivity index (χ1) is 8.72. The van der Waals surface area contributed by atoms with Gasteiger partial charge in [-0.1, -0.05) is 11.3 Å². The van der Waals surface area contributed by atoms with E-state index in [2.05, 4.69) is 15.6 Å². The van der Waals surface area contributed by atoms with Crippen LogP contribution in [0.3, 0.4) is 0 Å². The van der Waals surface area contributed by atoms with Crippen molar-refractivity contribution < 1.29 is 4.79 Å². The first-order valence-electron chi connectivity index (χ1n) is 5.24. The van der Waals surface area contributed by atoms with E-state index in [4.69, 9.17) is 5.26 Å². The molecular weight excluding hydrogens is 268 g/mol. The van der Waals surface area contributed by atoms with E-state index < -0.39 is 0 Å². The Labute approximate surface area is 112 Å². The van der Waals surface area contributed by atoms with Gasteiger partial charge >= 0.3 is 6.03 Å². The number of thiocyanates is 1. The Balaban J connectivity index is 2.22. The fourth-order valence-corrected chi connectivity index (χ4v) is 2.77. The second-order valence-electron chi connectivity index (χ2n) is 3.33. The van der Waals surface area contributed by atoms with Crippen molar-refractivity contribution in [3.05, 3.63) is 18.2 Å². The van der Waals surface area contributed by atoms with Crippen LogP contribution in [0.2, 0.25) is 0 Å². The summed E-state index contributed by atoms with van der Waals surface area (Å²) in [6.07, 6.45) is 0. The van der Waals surface area contributed by atoms with Gasteiger partial charge in [-0.05, 0) is 36.9 Å². The summed E-state index contributed by atoms with van der Waals surface area (Å²) in [4.78, 5) is 16.5. The highest BCUT2D eigenvalue weighted by Crippen LogP contribution is 2.29. The Kier molecular flexibility index (Phi) is 4.02. The van der Waals surface area contributed by atoms with Gasteiger partial charge in [0, 0.05) is 11.4 Å². The summed E-state index contributed by atoms with van der Waals surface area (Å²) in [5.41, 5.74) is 0.814. The van der Waals surface area contributed by atoms with Crippen LogP contribution in [-0.2, 0) is 0 Å². The number of benzene rings is 1. The number of carbonyl (C=O) groups is 1. The van der Waals surface area contributed by atoms with Crippen LogP contribution in [0.4, 0.5) is 9.93 Å². The summed E-state index contributed by atoms with van der Waals surface area (Å²) >= 11 is 2.49. The molecule has 18 heavy (non-hydrogen) atoms. The van der Waals surface area contributed by atoms with E-state index in [9.17, 15) is 4.79 Å². The van der Waals surface area contributed by atoms with Crippen LogP contribution in [0, 0.1) is 10.7 Å². The molecule has 0 bridgehead atoms. The number of thiazole rings is 1. The summed E-state index contributed by atoms with van der Waals surface area (Å²) in [6, 6.07) is 5.31. The molecule has 0 aliphatic rings. The fraction of sp³-hybridized carbons (Fsp3) is 0.182. The average Bonchev–Trinajstić information content (AvgIpc) is 2.71. The van der Waals surface area contributed by atoms with Gasteiger partial charge in [0.2, 0.25) is 0 Å². The second-order valence-corrected chi connectivity index (χ2v) is 5.22. The summed E-state index contributed by atoms with van der Waals surface area (Å²) in [5.74, 6) is 0. The number of hydrogen-bond acceptors (Lipinski definition) is 5. The number of carbonyl (C=O) groups excluding carboxylic acids is 1. The van der Waals surface area contributed by atoms with E-state index in [1.54, 1.807) is 0 Å². The minimum Gasteiger partial charge on any atom is -0.338 e. The van der Waals surface area contributed by atoms with Gasteiger partial charge in [0.05, 0.1) is 10.2 Å². The Hall–Kier alpha value is -1.78. The molecule has 2 rings (SSSR count). The maximum absolute atomic E-state index is 11.4. The molecule has 1 aromatic heterocycles. The minimum atomic E-state index is -0.261. The van der Waals surface area contributed by atoms with Crippen molar-refractivity contribution in [3.8, 4) is 5.40 Å². The lowest BCUT2D eigenvalue weighted by atomic mass is 10.3. The van der Waals surface area contributed by atoms with Crippen molar-refractivity contribution in [2.24, 2.45) is 0 Å². The largest absolute Gasteiger partial charge is 0.338 e. The zero-order valence-corrected chi connectivity index (χ0v) is 11.2. The number of nitrogens with one attached hydrogen (secondary N) is 2. The lowest BCUT2D eigenvalue weighted by molar-refractivity contribution is 0.252. The number of nitrogens with zero attached hydrogens (tertiary/aromatic N) is 2. The van der Waals surface area contributed by atoms with E-state index in [0.717, 1.165) is 26.9 Å². The zero-order chi connectivity index (χ0) is 13.0. The number of hydrogen-bond donors (Lipinski definition) is 2. The SMILES string of the molecule is CCNC(=O)Nc1nc2ccc(SC#N)cc2s1. The zero-order valence-electron chi connectivity index (χ0n) is 9.56. The summed E-state index contributed by atoms with van der Waals surface area (Å²) in [6.45, 7) is 2.42. The quantitative estimate of drug-likeness (QED) is 0.668. The normalized spacial score (nSPS) is 10.0. The predicted octanol–water partition coefficient (Wildman–Crippen LogP) is 3.01. The minimum absolute atomic E-state index is 0.261. The van der Waals surface area contributed by atoms with Crippen molar-refractivity contribution in [1.29, 1.82) is 5.26 Å². The summed E-state index contributed by atoms with van der Waals surface area (Å²) in [7, 11) is 0. The second kappa shape index (κ2) is 5.71. The highest BCUT2D eigenvalue weighted by molar-refractivity contribution is 8.03. The smallest absolute Gasteiger partial charge is 0.321 e. The first-order valence-corrected chi connectivity index (χ1v) is 6.87. The molecule has 0 aliphatic heterocycles. The van der Waals surface area contributed by atoms with Crippen molar-refractivity contribution in [3.63, 3.8) is 0 Å². The molecule has 0 saturated carbocycles. The average molecular weight is 278 g/mol. The molecule has 2 N–H and O–H groups in total. The number of thioether (sulfide) groups is 1. The molecule has 2 aromatic rings. The standard InChI is InChI=1S/C11H10N4OS2/c1-2-13-10(16)15-11-14-8-4-3-7(17-6-12)5-9(8)18-11/h3-5H,2H2,1H3,(H2,13,14,15,16). The van der Waals surface area contributed by atoms with Gasteiger partial charge in [0.1, 0.15) is 5.40 Å². The molecule has 0 fully saturated rings. The molecule has 1 heterocycles. The number of aromatic nitrogens is 1.